The second-order valence-corrected chi connectivity index (χ2v) is 9.13. The van der Waals surface area contributed by atoms with E-state index in [0.717, 1.165) is 53.5 Å². The lowest BCUT2D eigenvalue weighted by Gasteiger charge is -2.35. The van der Waals surface area contributed by atoms with Crippen molar-refractivity contribution in [3.63, 3.8) is 0 Å². The summed E-state index contributed by atoms with van der Waals surface area (Å²) in [7, 11) is 4.16. The molecule has 1 aliphatic heterocycles. The fourth-order valence-corrected chi connectivity index (χ4v) is 4.72. The molecule has 4 aromatic rings. The highest BCUT2D eigenvalue weighted by Gasteiger charge is 2.20. The van der Waals surface area contributed by atoms with Crippen LogP contribution >= 0.6 is 0 Å². The molecule has 5 nitrogen and oxygen atoms in total. The third-order valence-electron chi connectivity index (χ3n) is 6.65. The fourth-order valence-electron chi connectivity index (χ4n) is 4.72. The van der Waals surface area contributed by atoms with Crippen molar-refractivity contribution >= 4 is 27.8 Å². The minimum atomic E-state index is 0.400. The van der Waals surface area contributed by atoms with Gasteiger partial charge in [0, 0.05) is 68.1 Å². The van der Waals surface area contributed by atoms with E-state index in [1.807, 2.05) is 30.6 Å². The molecule has 0 atom stereocenters. The normalized spacial score (nSPS) is 14.1. The van der Waals surface area contributed by atoms with Crippen LogP contribution in [0, 0.1) is 11.3 Å². The van der Waals surface area contributed by atoms with E-state index in [1.165, 1.54) is 11.4 Å². The maximum atomic E-state index is 9.32. The van der Waals surface area contributed by atoms with Gasteiger partial charge in [-0.1, -0.05) is 18.2 Å². The first-order valence-corrected chi connectivity index (χ1v) is 11.8. The van der Waals surface area contributed by atoms with E-state index in [-0.39, 0.29) is 0 Å². The number of pyridine rings is 1. The lowest BCUT2D eigenvalue weighted by molar-refractivity contribution is 0.527. The van der Waals surface area contributed by atoms with Crippen LogP contribution in [-0.2, 0) is 0 Å². The molecule has 1 aromatic heterocycles. The van der Waals surface area contributed by atoms with Gasteiger partial charge in [-0.15, -0.1) is 0 Å². The Hall–Kier alpha value is -4.04. The van der Waals surface area contributed by atoms with Gasteiger partial charge in [-0.2, -0.15) is 5.26 Å². The molecule has 0 amide bonds. The molecule has 1 N–H and O–H groups in total. The molecule has 0 radical (unpaired) electrons. The van der Waals surface area contributed by atoms with Crippen LogP contribution in [0.1, 0.15) is 18.4 Å². The molecule has 0 saturated carbocycles. The molecular weight excluding hydrogens is 418 g/mol. The lowest BCUT2D eigenvalue weighted by atomic mass is 9.98. The zero-order valence-corrected chi connectivity index (χ0v) is 19.7. The molecule has 1 saturated heterocycles. The minimum Gasteiger partial charge on any atom is -0.382 e. The summed E-state index contributed by atoms with van der Waals surface area (Å²) in [6, 6.07) is 25.6. The Labute approximate surface area is 201 Å². The molecule has 34 heavy (non-hydrogen) atoms. The maximum absolute atomic E-state index is 9.32. The summed E-state index contributed by atoms with van der Waals surface area (Å²) in [5, 5.41) is 15.4. The van der Waals surface area contributed by atoms with Gasteiger partial charge in [-0.25, -0.2) is 0 Å². The summed E-state index contributed by atoms with van der Waals surface area (Å²) in [5.41, 5.74) is 6.46. The smallest absolute Gasteiger partial charge is 0.0991 e. The van der Waals surface area contributed by atoms with Crippen molar-refractivity contribution in [2.45, 2.75) is 18.9 Å². The van der Waals surface area contributed by atoms with E-state index in [4.69, 9.17) is 0 Å². The molecule has 3 aromatic carbocycles. The van der Waals surface area contributed by atoms with E-state index in [1.54, 1.807) is 0 Å². The van der Waals surface area contributed by atoms with Gasteiger partial charge in [-0.3, -0.25) is 4.98 Å². The summed E-state index contributed by atoms with van der Waals surface area (Å²) in [5.74, 6) is 0. The number of hydrogen-bond acceptors (Lipinski definition) is 5. The maximum Gasteiger partial charge on any atom is 0.0991 e. The third-order valence-corrected chi connectivity index (χ3v) is 6.65. The standard InChI is InChI=1S/C29H29N5/c1-33(2)26-7-4-8-27(18-26)34-13-10-25(11-14-34)32-29-17-24(16-23-9-12-31-20-28(23)29)22-6-3-5-21(15-22)19-30/h3-9,12,15-18,20,25,32H,10-11,13-14H2,1-2H3. The number of fused-ring (bicyclic) bond motifs is 1. The van der Waals surface area contributed by atoms with Gasteiger partial charge >= 0.3 is 0 Å². The number of nitrogens with zero attached hydrogens (tertiary/aromatic N) is 4. The summed E-state index contributed by atoms with van der Waals surface area (Å²) in [6.07, 6.45) is 5.92. The number of nitrogens with one attached hydrogen (secondary N) is 1. The highest BCUT2D eigenvalue weighted by molar-refractivity contribution is 5.97. The first kappa shape index (κ1) is 21.8. The molecule has 0 bridgehead atoms. The van der Waals surface area contributed by atoms with Crippen molar-refractivity contribution in [3.8, 4) is 17.2 Å². The second kappa shape index (κ2) is 9.44. The summed E-state index contributed by atoms with van der Waals surface area (Å²) < 4.78 is 0. The molecule has 170 valence electrons. The molecular formula is C29H29N5. The largest absolute Gasteiger partial charge is 0.382 e. The van der Waals surface area contributed by atoms with E-state index in [9.17, 15) is 5.26 Å². The molecule has 1 fully saturated rings. The minimum absolute atomic E-state index is 0.400. The average Bonchev–Trinajstić information content (AvgIpc) is 2.89. The number of nitriles is 1. The molecule has 5 heteroatoms. The Morgan fingerprint density at radius 3 is 2.59 bits per heavy atom. The highest BCUT2D eigenvalue weighted by Crippen LogP contribution is 2.33. The van der Waals surface area contributed by atoms with Crippen LogP contribution in [0.15, 0.2) is 79.1 Å². The first-order valence-electron chi connectivity index (χ1n) is 11.8. The highest BCUT2D eigenvalue weighted by atomic mass is 15.2. The van der Waals surface area contributed by atoms with Crippen molar-refractivity contribution in [1.29, 1.82) is 5.26 Å². The average molecular weight is 448 g/mol. The van der Waals surface area contributed by atoms with E-state index in [2.05, 4.69) is 88.8 Å². The van der Waals surface area contributed by atoms with Gasteiger partial charge < -0.3 is 15.1 Å². The predicted molar refractivity (Wildman–Crippen MR) is 142 cm³/mol. The van der Waals surface area contributed by atoms with Crippen LogP contribution in [0.2, 0.25) is 0 Å². The van der Waals surface area contributed by atoms with Crippen molar-refractivity contribution < 1.29 is 0 Å². The van der Waals surface area contributed by atoms with E-state index >= 15 is 0 Å². The molecule has 0 aliphatic carbocycles. The zero-order chi connectivity index (χ0) is 23.5. The van der Waals surface area contributed by atoms with Crippen LogP contribution < -0.4 is 15.1 Å². The van der Waals surface area contributed by atoms with E-state index in [0.29, 0.717) is 11.6 Å². The first-order chi connectivity index (χ1) is 16.6. The fraction of sp³-hybridized carbons (Fsp3) is 0.241. The number of anilines is 3. The SMILES string of the molecule is CN(C)c1cccc(N2CCC(Nc3cc(-c4cccc(C#N)c4)cc4ccncc34)CC2)c1. The third kappa shape index (κ3) is 4.53. The second-order valence-electron chi connectivity index (χ2n) is 9.13. The number of hydrogen-bond donors (Lipinski definition) is 1. The van der Waals surface area contributed by atoms with Gasteiger partial charge in [0.2, 0.25) is 0 Å². The van der Waals surface area contributed by atoms with Crippen molar-refractivity contribution in [1.82, 2.24) is 4.98 Å². The van der Waals surface area contributed by atoms with Crippen LogP contribution in [0.3, 0.4) is 0 Å². The van der Waals surface area contributed by atoms with Gasteiger partial charge in [0.1, 0.15) is 0 Å². The Morgan fingerprint density at radius 2 is 1.79 bits per heavy atom. The molecule has 0 unspecified atom stereocenters. The van der Waals surface area contributed by atoms with Crippen LogP contribution in [0.4, 0.5) is 17.1 Å². The number of rotatable bonds is 5. The molecule has 5 rings (SSSR count). The Balaban J connectivity index is 1.37. The van der Waals surface area contributed by atoms with Crippen LogP contribution in [-0.4, -0.2) is 38.2 Å². The van der Waals surface area contributed by atoms with Gasteiger partial charge in [0.15, 0.2) is 0 Å². The van der Waals surface area contributed by atoms with Gasteiger partial charge in [0.25, 0.3) is 0 Å². The summed E-state index contributed by atoms with van der Waals surface area (Å²) >= 11 is 0. The molecule has 1 aliphatic rings. The quantitative estimate of drug-likeness (QED) is 0.411. The van der Waals surface area contributed by atoms with E-state index < -0.39 is 0 Å². The predicted octanol–water partition coefficient (Wildman–Crippen LogP) is 5.92. The van der Waals surface area contributed by atoms with Crippen molar-refractivity contribution in [2.24, 2.45) is 0 Å². The Kier molecular flexibility index (Phi) is 6.05. The van der Waals surface area contributed by atoms with Gasteiger partial charge in [-0.05, 0) is 77.9 Å². The van der Waals surface area contributed by atoms with Crippen molar-refractivity contribution in [3.05, 3.63) is 84.7 Å². The lowest BCUT2D eigenvalue weighted by Crippen LogP contribution is -2.39. The zero-order valence-electron chi connectivity index (χ0n) is 19.7. The van der Waals surface area contributed by atoms with Gasteiger partial charge in [0.05, 0.1) is 11.6 Å². The number of aromatic nitrogens is 1. The summed E-state index contributed by atoms with van der Waals surface area (Å²) in [6.45, 7) is 2.04. The summed E-state index contributed by atoms with van der Waals surface area (Å²) in [4.78, 5) is 9.01. The van der Waals surface area contributed by atoms with Crippen LogP contribution in [0.25, 0.3) is 21.9 Å². The number of piperidine rings is 1. The molecule has 2 heterocycles. The monoisotopic (exact) mass is 447 g/mol. The topological polar surface area (TPSA) is 55.2 Å². The number of benzene rings is 3. The Morgan fingerprint density at radius 1 is 0.971 bits per heavy atom. The van der Waals surface area contributed by atoms with Crippen LogP contribution in [0.5, 0.6) is 0 Å². The molecule has 0 spiro atoms. The van der Waals surface area contributed by atoms with Crippen molar-refractivity contribution in [2.75, 3.05) is 42.3 Å². The Bertz CT molecular complexity index is 1350.